The summed E-state index contributed by atoms with van der Waals surface area (Å²) in [5.41, 5.74) is 10.4. The van der Waals surface area contributed by atoms with Gasteiger partial charge in [0, 0.05) is 34.9 Å². The number of hydrogen-bond acceptors (Lipinski definition) is 8. The van der Waals surface area contributed by atoms with Gasteiger partial charge in [0.15, 0.2) is 17.4 Å². The number of aryl methyl sites for hydroxylation is 1. The molecule has 1 amide bonds. The molecule has 5 rings (SSSR count). The molecule has 0 atom stereocenters. The number of aliphatic hydroxyl groups excluding tert-OH is 1. The van der Waals surface area contributed by atoms with Crippen molar-refractivity contribution in [2.45, 2.75) is 13.5 Å². The molecule has 0 aliphatic heterocycles. The van der Waals surface area contributed by atoms with Crippen molar-refractivity contribution in [1.82, 2.24) is 24.5 Å². The third kappa shape index (κ3) is 4.53. The molecule has 38 heavy (non-hydrogen) atoms. The lowest BCUT2D eigenvalue weighted by Crippen LogP contribution is -2.07. The van der Waals surface area contributed by atoms with E-state index in [-0.39, 0.29) is 30.1 Å². The Morgan fingerprint density at radius 3 is 2.66 bits per heavy atom. The first-order valence-corrected chi connectivity index (χ1v) is 11.5. The number of nitrogens with two attached hydrogens (primary N) is 1. The fourth-order valence-electron chi connectivity index (χ4n) is 4.09. The monoisotopic (exact) mass is 511 g/mol. The topological polar surface area (TPSA) is 141 Å². The van der Waals surface area contributed by atoms with E-state index in [1.54, 1.807) is 47.9 Å². The molecule has 0 radical (unpaired) electrons. The van der Waals surface area contributed by atoms with E-state index in [1.165, 1.54) is 30.7 Å². The van der Waals surface area contributed by atoms with E-state index in [1.807, 2.05) is 0 Å². The van der Waals surface area contributed by atoms with Crippen molar-refractivity contribution in [3.8, 4) is 28.7 Å². The Kier molecular flexibility index (Phi) is 6.50. The zero-order valence-electron chi connectivity index (χ0n) is 20.2. The molecule has 0 aliphatic rings. The van der Waals surface area contributed by atoms with Gasteiger partial charge in [0.25, 0.3) is 0 Å². The van der Waals surface area contributed by atoms with E-state index in [2.05, 4.69) is 31.8 Å². The van der Waals surface area contributed by atoms with Crippen LogP contribution >= 0.6 is 0 Å². The van der Waals surface area contributed by atoms with Crippen LogP contribution in [0.15, 0.2) is 73.7 Å². The largest absolute Gasteiger partial charge is 0.421 e. The van der Waals surface area contributed by atoms with E-state index in [0.29, 0.717) is 44.9 Å². The molecule has 5 aromatic rings. The highest BCUT2D eigenvalue weighted by Gasteiger charge is 2.23. The Labute approximate surface area is 216 Å². The molecule has 0 fully saturated rings. The van der Waals surface area contributed by atoms with E-state index in [4.69, 9.17) is 10.5 Å². The maximum absolute atomic E-state index is 15.3. The second-order valence-electron chi connectivity index (χ2n) is 8.24. The van der Waals surface area contributed by atoms with E-state index >= 15 is 4.39 Å². The summed E-state index contributed by atoms with van der Waals surface area (Å²) < 4.78 is 22.5. The molecule has 4 N–H and O–H groups in total. The lowest BCUT2D eigenvalue weighted by atomic mass is 10.1. The summed E-state index contributed by atoms with van der Waals surface area (Å²) >= 11 is 0. The lowest BCUT2D eigenvalue weighted by molar-refractivity contribution is -0.111. The van der Waals surface area contributed by atoms with Crippen LogP contribution in [0.4, 0.5) is 15.9 Å². The second-order valence-corrected chi connectivity index (χ2v) is 8.24. The van der Waals surface area contributed by atoms with E-state index < -0.39 is 5.82 Å². The van der Waals surface area contributed by atoms with Gasteiger partial charge in [0.05, 0.1) is 12.3 Å². The smallest absolute Gasteiger partial charge is 0.322 e. The third-order valence-electron chi connectivity index (χ3n) is 5.79. The average Bonchev–Trinajstić information content (AvgIpc) is 3.26. The molecule has 0 saturated carbocycles. The molecule has 3 aromatic heterocycles. The van der Waals surface area contributed by atoms with Gasteiger partial charge >= 0.3 is 6.01 Å². The Hall–Kier alpha value is -5.16. The van der Waals surface area contributed by atoms with Gasteiger partial charge in [0.2, 0.25) is 5.91 Å². The Balaban J connectivity index is 1.66. The van der Waals surface area contributed by atoms with Crippen molar-refractivity contribution in [2.75, 3.05) is 11.1 Å². The third-order valence-corrected chi connectivity index (χ3v) is 5.79. The van der Waals surface area contributed by atoms with Crippen molar-refractivity contribution < 1.29 is 19.0 Å². The van der Waals surface area contributed by atoms with Crippen molar-refractivity contribution in [2.24, 2.45) is 0 Å². The fourth-order valence-corrected chi connectivity index (χ4v) is 4.09. The SMILES string of the molecule is C=CC(=O)Nc1ccc(-c2c(CO)c3ncnc(N)c3n2-c2ccc(Oc3nccc(C)n3)c(F)c2)cc1. The van der Waals surface area contributed by atoms with Crippen LogP contribution in [0, 0.1) is 12.7 Å². The summed E-state index contributed by atoms with van der Waals surface area (Å²) in [4.78, 5) is 28.3. The molecule has 3 heterocycles. The number of fused-ring (bicyclic) bond motifs is 1. The Morgan fingerprint density at radius 2 is 1.97 bits per heavy atom. The molecular weight excluding hydrogens is 489 g/mol. The number of carbonyl (C=O) groups excluding carboxylic acids is 1. The minimum absolute atomic E-state index is 0.0209. The average molecular weight is 512 g/mol. The number of ether oxygens (including phenoxy) is 1. The molecule has 190 valence electrons. The molecule has 0 bridgehead atoms. The summed E-state index contributed by atoms with van der Waals surface area (Å²) in [6.45, 7) is 4.86. The van der Waals surface area contributed by atoms with Gasteiger partial charge in [-0.25, -0.2) is 24.3 Å². The predicted molar refractivity (Wildman–Crippen MR) is 140 cm³/mol. The lowest BCUT2D eigenvalue weighted by Gasteiger charge is -2.14. The van der Waals surface area contributed by atoms with Crippen LogP contribution in [-0.2, 0) is 11.4 Å². The molecule has 0 spiro atoms. The minimum Gasteiger partial charge on any atom is -0.421 e. The van der Waals surface area contributed by atoms with Crippen LogP contribution in [0.5, 0.6) is 11.8 Å². The zero-order chi connectivity index (χ0) is 26.8. The normalized spacial score (nSPS) is 10.9. The second kappa shape index (κ2) is 10.1. The highest BCUT2D eigenvalue weighted by Crippen LogP contribution is 2.38. The summed E-state index contributed by atoms with van der Waals surface area (Å²) in [5, 5.41) is 13.0. The number of rotatable bonds is 7. The highest BCUT2D eigenvalue weighted by atomic mass is 19.1. The minimum atomic E-state index is -0.663. The van der Waals surface area contributed by atoms with Gasteiger partial charge in [-0.3, -0.25) is 4.79 Å². The first-order valence-electron chi connectivity index (χ1n) is 11.5. The predicted octanol–water partition coefficient (Wildman–Crippen LogP) is 4.32. The maximum Gasteiger partial charge on any atom is 0.322 e. The Bertz CT molecular complexity index is 1680. The molecule has 0 saturated heterocycles. The van der Waals surface area contributed by atoms with Crippen LogP contribution < -0.4 is 15.8 Å². The van der Waals surface area contributed by atoms with Crippen LogP contribution in [0.25, 0.3) is 28.0 Å². The molecule has 11 heteroatoms. The van der Waals surface area contributed by atoms with Gasteiger partial charge in [-0.1, -0.05) is 18.7 Å². The number of amides is 1. The van der Waals surface area contributed by atoms with Crippen molar-refractivity contribution in [3.63, 3.8) is 0 Å². The van der Waals surface area contributed by atoms with Crippen LogP contribution in [0.3, 0.4) is 0 Å². The van der Waals surface area contributed by atoms with Gasteiger partial charge in [-0.05, 0) is 48.9 Å². The number of halogens is 1. The number of anilines is 2. The zero-order valence-corrected chi connectivity index (χ0v) is 20.2. The number of nitrogen functional groups attached to an aromatic ring is 1. The molecule has 2 aromatic carbocycles. The first-order chi connectivity index (χ1) is 18.4. The molecule has 10 nitrogen and oxygen atoms in total. The fraction of sp³-hybridized carbons (Fsp3) is 0.0741. The summed E-state index contributed by atoms with van der Waals surface area (Å²) in [7, 11) is 0. The number of carbonyl (C=O) groups is 1. The number of benzene rings is 2. The summed E-state index contributed by atoms with van der Waals surface area (Å²) in [6, 6.07) is 13.0. The van der Waals surface area contributed by atoms with Crippen molar-refractivity contribution in [3.05, 3.63) is 90.8 Å². The van der Waals surface area contributed by atoms with Crippen LogP contribution in [0.2, 0.25) is 0 Å². The number of aromatic nitrogens is 5. The molecule has 0 aliphatic carbocycles. The number of nitrogens with one attached hydrogen (secondary N) is 1. The van der Waals surface area contributed by atoms with Crippen molar-refractivity contribution >= 4 is 28.4 Å². The van der Waals surface area contributed by atoms with Gasteiger partial charge in [0.1, 0.15) is 17.4 Å². The van der Waals surface area contributed by atoms with Crippen LogP contribution in [0.1, 0.15) is 11.3 Å². The standard InChI is InChI=1S/C27H22FN7O3/c1-3-22(37)34-17-6-4-16(5-7-17)24-19(13-36)23-25(26(29)32-14-31-23)35(24)18-8-9-21(20(28)12-18)38-27-30-11-10-15(2)33-27/h3-12,14,36H,1,13H2,2H3,(H,34,37)(H2,29,31,32). The van der Waals surface area contributed by atoms with Gasteiger partial charge < -0.3 is 25.5 Å². The number of aliphatic hydroxyl groups is 1. The van der Waals surface area contributed by atoms with E-state index in [0.717, 1.165) is 0 Å². The number of hydrogen-bond donors (Lipinski definition) is 3. The van der Waals surface area contributed by atoms with Crippen molar-refractivity contribution in [1.29, 1.82) is 0 Å². The summed E-state index contributed by atoms with van der Waals surface area (Å²) in [5.74, 6) is -0.922. The molecule has 0 unspecified atom stereocenters. The first kappa shape index (κ1) is 24.5. The summed E-state index contributed by atoms with van der Waals surface area (Å²) in [6.07, 6.45) is 4.00. The highest BCUT2D eigenvalue weighted by molar-refractivity contribution is 5.99. The quantitative estimate of drug-likeness (QED) is 0.275. The van der Waals surface area contributed by atoms with Gasteiger partial charge in [-0.15, -0.1) is 0 Å². The van der Waals surface area contributed by atoms with E-state index in [9.17, 15) is 9.90 Å². The molecular formula is C27H22FN7O3. The number of nitrogens with zero attached hydrogens (tertiary/aromatic N) is 5. The Morgan fingerprint density at radius 1 is 1.18 bits per heavy atom. The van der Waals surface area contributed by atoms with Crippen LogP contribution in [-0.4, -0.2) is 35.5 Å². The maximum atomic E-state index is 15.3. The van der Waals surface area contributed by atoms with Gasteiger partial charge in [-0.2, -0.15) is 0 Å².